The van der Waals surface area contributed by atoms with Crippen molar-refractivity contribution < 1.29 is 4.79 Å². The lowest BCUT2D eigenvalue weighted by Gasteiger charge is -2.35. The molecule has 0 saturated carbocycles. The maximum atomic E-state index is 12.1. The van der Waals surface area contributed by atoms with Gasteiger partial charge in [0.05, 0.1) is 24.0 Å². The maximum absolute atomic E-state index is 12.1. The monoisotopic (exact) mass is 360 g/mol. The summed E-state index contributed by atoms with van der Waals surface area (Å²) in [5.74, 6) is 2.69. The molecule has 1 aromatic carbocycles. The van der Waals surface area contributed by atoms with Crippen molar-refractivity contribution in [1.29, 1.82) is 0 Å². The number of hydrogen-bond acceptors (Lipinski definition) is 7. The van der Waals surface area contributed by atoms with Gasteiger partial charge in [-0.15, -0.1) is 0 Å². The summed E-state index contributed by atoms with van der Waals surface area (Å²) in [7, 11) is 0. The summed E-state index contributed by atoms with van der Waals surface area (Å²) in [6.45, 7) is 4.77. The third-order valence-electron chi connectivity index (χ3n) is 5.20. The molecule has 0 unspecified atom stereocenters. The Kier molecular flexibility index (Phi) is 3.94. The fraction of sp³-hybridized carbons (Fsp3) is 0.300. The summed E-state index contributed by atoms with van der Waals surface area (Å²) in [6, 6.07) is 11.7. The molecule has 1 fully saturated rings. The number of nitrogens with zero attached hydrogens (tertiary/aromatic N) is 5. The molecule has 5 rings (SSSR count). The molecule has 4 heterocycles. The van der Waals surface area contributed by atoms with Gasteiger partial charge in [-0.05, 0) is 18.2 Å². The van der Waals surface area contributed by atoms with Gasteiger partial charge < -0.3 is 10.2 Å². The second-order valence-corrected chi connectivity index (χ2v) is 6.92. The van der Waals surface area contributed by atoms with E-state index < -0.39 is 0 Å². The lowest BCUT2D eigenvalue weighted by molar-refractivity contribution is 0.101. The SMILES string of the molecule is O=C1CNc2nc(CN3CCN(c4ccccn4)CC3)nc3cccc1c23. The summed E-state index contributed by atoms with van der Waals surface area (Å²) in [5.41, 5.74) is 1.55. The molecule has 0 amide bonds. The van der Waals surface area contributed by atoms with Crippen LogP contribution in [0.3, 0.4) is 0 Å². The molecule has 2 aliphatic rings. The van der Waals surface area contributed by atoms with Gasteiger partial charge in [-0.25, -0.2) is 15.0 Å². The lowest BCUT2D eigenvalue weighted by atomic mass is 10.0. The molecule has 1 N–H and O–H groups in total. The first-order chi connectivity index (χ1) is 13.3. The van der Waals surface area contributed by atoms with Crippen LogP contribution in [-0.4, -0.2) is 58.4 Å². The largest absolute Gasteiger partial charge is 0.362 e. The molecule has 0 radical (unpaired) electrons. The van der Waals surface area contributed by atoms with Crippen molar-refractivity contribution in [2.75, 3.05) is 42.9 Å². The molecule has 0 aliphatic carbocycles. The quantitative estimate of drug-likeness (QED) is 0.765. The van der Waals surface area contributed by atoms with Crippen LogP contribution in [0.5, 0.6) is 0 Å². The van der Waals surface area contributed by atoms with Gasteiger partial charge in [0.15, 0.2) is 5.78 Å². The highest BCUT2D eigenvalue weighted by Gasteiger charge is 2.23. The first-order valence-electron chi connectivity index (χ1n) is 9.23. The molecule has 3 aromatic rings. The van der Waals surface area contributed by atoms with Gasteiger partial charge in [-0.3, -0.25) is 9.69 Å². The number of anilines is 2. The van der Waals surface area contributed by atoms with Crippen LogP contribution in [0.1, 0.15) is 16.2 Å². The number of rotatable bonds is 3. The van der Waals surface area contributed by atoms with Crippen LogP contribution < -0.4 is 10.2 Å². The van der Waals surface area contributed by atoms with E-state index in [1.807, 2.05) is 36.5 Å². The van der Waals surface area contributed by atoms with E-state index in [9.17, 15) is 4.79 Å². The van der Waals surface area contributed by atoms with Crippen LogP contribution in [0.2, 0.25) is 0 Å². The molecule has 2 aliphatic heterocycles. The van der Waals surface area contributed by atoms with Gasteiger partial charge in [-0.2, -0.15) is 0 Å². The number of carbonyl (C=O) groups excluding carboxylic acids is 1. The number of carbonyl (C=O) groups is 1. The van der Waals surface area contributed by atoms with Gasteiger partial charge in [-0.1, -0.05) is 18.2 Å². The molecular weight excluding hydrogens is 340 g/mol. The molecule has 27 heavy (non-hydrogen) atoms. The molecule has 7 heteroatoms. The van der Waals surface area contributed by atoms with Crippen molar-refractivity contribution in [3.05, 3.63) is 54.0 Å². The van der Waals surface area contributed by atoms with Crippen molar-refractivity contribution in [3.8, 4) is 0 Å². The van der Waals surface area contributed by atoms with Gasteiger partial charge in [0.1, 0.15) is 17.5 Å². The number of pyridine rings is 1. The first-order valence-corrected chi connectivity index (χ1v) is 9.23. The van der Waals surface area contributed by atoms with Crippen molar-refractivity contribution in [1.82, 2.24) is 19.9 Å². The zero-order valence-corrected chi connectivity index (χ0v) is 14.9. The highest BCUT2D eigenvalue weighted by atomic mass is 16.1. The minimum absolute atomic E-state index is 0.0927. The molecule has 136 valence electrons. The minimum Gasteiger partial charge on any atom is -0.362 e. The number of benzene rings is 1. The van der Waals surface area contributed by atoms with Crippen LogP contribution in [-0.2, 0) is 6.54 Å². The first kappa shape index (κ1) is 16.1. The third kappa shape index (κ3) is 3.00. The average Bonchev–Trinajstić information content (AvgIpc) is 2.72. The predicted octanol–water partition coefficient (Wildman–Crippen LogP) is 1.96. The number of hydrogen-bond donors (Lipinski definition) is 1. The topological polar surface area (TPSA) is 74.2 Å². The molecule has 0 bridgehead atoms. The third-order valence-corrected chi connectivity index (χ3v) is 5.20. The van der Waals surface area contributed by atoms with Crippen LogP contribution in [0.25, 0.3) is 10.9 Å². The highest BCUT2D eigenvalue weighted by Crippen LogP contribution is 2.28. The summed E-state index contributed by atoms with van der Waals surface area (Å²) >= 11 is 0. The van der Waals surface area contributed by atoms with Gasteiger partial charge in [0, 0.05) is 37.9 Å². The van der Waals surface area contributed by atoms with E-state index in [1.54, 1.807) is 0 Å². The molecule has 2 aromatic heterocycles. The van der Waals surface area contributed by atoms with E-state index in [0.717, 1.165) is 60.1 Å². The van der Waals surface area contributed by atoms with E-state index in [4.69, 9.17) is 9.97 Å². The second kappa shape index (κ2) is 6.59. The number of piperazine rings is 1. The van der Waals surface area contributed by atoms with Crippen LogP contribution in [0, 0.1) is 0 Å². The van der Waals surface area contributed by atoms with Crippen LogP contribution in [0.15, 0.2) is 42.6 Å². The highest BCUT2D eigenvalue weighted by molar-refractivity contribution is 6.15. The zero-order valence-electron chi connectivity index (χ0n) is 14.9. The van der Waals surface area contributed by atoms with E-state index >= 15 is 0 Å². The molecule has 7 nitrogen and oxygen atoms in total. The summed E-state index contributed by atoms with van der Waals surface area (Å²) in [6.07, 6.45) is 1.84. The average molecular weight is 360 g/mol. The van der Waals surface area contributed by atoms with E-state index in [2.05, 4.69) is 26.2 Å². The number of nitrogens with one attached hydrogen (secondary N) is 1. The fourth-order valence-corrected chi connectivity index (χ4v) is 3.80. The van der Waals surface area contributed by atoms with Crippen LogP contribution in [0.4, 0.5) is 11.6 Å². The standard InChI is InChI=1S/C20H20N6O/c27-16-12-22-20-19-14(16)4-3-5-15(19)23-17(24-20)13-25-8-10-26(11-9-25)18-6-1-2-7-21-18/h1-7H,8-13H2,(H,22,23,24). The Balaban J connectivity index is 1.34. The molecule has 1 saturated heterocycles. The fourth-order valence-electron chi connectivity index (χ4n) is 3.80. The second-order valence-electron chi connectivity index (χ2n) is 6.92. The Morgan fingerprint density at radius 1 is 1.00 bits per heavy atom. The number of Topliss-reactive ketones (excluding diaryl/α,β-unsaturated/α-hetero) is 1. The Morgan fingerprint density at radius 2 is 1.89 bits per heavy atom. The Bertz CT molecular complexity index is 998. The summed E-state index contributed by atoms with van der Waals surface area (Å²) in [5, 5.41) is 3.99. The molecule has 0 atom stereocenters. The van der Waals surface area contributed by atoms with Gasteiger partial charge in [0.2, 0.25) is 0 Å². The Labute approximate surface area is 157 Å². The smallest absolute Gasteiger partial charge is 0.182 e. The van der Waals surface area contributed by atoms with E-state index in [1.165, 1.54) is 0 Å². The summed E-state index contributed by atoms with van der Waals surface area (Å²) in [4.78, 5) is 30.6. The van der Waals surface area contributed by atoms with Gasteiger partial charge >= 0.3 is 0 Å². The molecule has 0 spiro atoms. The van der Waals surface area contributed by atoms with Crippen molar-refractivity contribution >= 4 is 28.3 Å². The summed E-state index contributed by atoms with van der Waals surface area (Å²) < 4.78 is 0. The Morgan fingerprint density at radius 3 is 2.70 bits per heavy atom. The van der Waals surface area contributed by atoms with E-state index in [-0.39, 0.29) is 5.78 Å². The Hall–Kier alpha value is -3.06. The van der Waals surface area contributed by atoms with Crippen molar-refractivity contribution in [2.24, 2.45) is 0 Å². The lowest BCUT2D eigenvalue weighted by Crippen LogP contribution is -2.46. The zero-order chi connectivity index (χ0) is 18.2. The van der Waals surface area contributed by atoms with E-state index in [0.29, 0.717) is 13.1 Å². The minimum atomic E-state index is 0.0927. The number of aromatic nitrogens is 3. The molecular formula is C20H20N6O. The van der Waals surface area contributed by atoms with Gasteiger partial charge in [0.25, 0.3) is 0 Å². The predicted molar refractivity (Wildman–Crippen MR) is 104 cm³/mol. The van der Waals surface area contributed by atoms with Crippen molar-refractivity contribution in [2.45, 2.75) is 6.54 Å². The maximum Gasteiger partial charge on any atom is 0.182 e. The number of ketones is 1. The van der Waals surface area contributed by atoms with Crippen LogP contribution >= 0.6 is 0 Å². The normalized spacial score (nSPS) is 17.2. The van der Waals surface area contributed by atoms with Crippen molar-refractivity contribution in [3.63, 3.8) is 0 Å².